The van der Waals surface area contributed by atoms with E-state index in [1.165, 1.54) is 6.33 Å². The Morgan fingerprint density at radius 2 is 2.23 bits per heavy atom. The van der Waals surface area contributed by atoms with Crippen molar-refractivity contribution in [1.29, 1.82) is 0 Å². The van der Waals surface area contributed by atoms with Crippen molar-refractivity contribution in [3.63, 3.8) is 0 Å². The number of hydrogen-bond acceptors (Lipinski definition) is 3. The van der Waals surface area contributed by atoms with Gasteiger partial charge in [0.1, 0.15) is 12.7 Å². The molecule has 0 saturated heterocycles. The van der Waals surface area contributed by atoms with Gasteiger partial charge in [0.05, 0.1) is 11.4 Å². The van der Waals surface area contributed by atoms with E-state index in [1.54, 1.807) is 11.0 Å². The van der Waals surface area contributed by atoms with E-state index in [0.717, 1.165) is 9.26 Å². The number of nitrogen functional groups attached to an aromatic ring is 1. The van der Waals surface area contributed by atoms with E-state index in [-0.39, 0.29) is 0 Å². The Morgan fingerprint density at radius 3 is 2.85 bits per heavy atom. The lowest BCUT2D eigenvalue weighted by Crippen LogP contribution is -2.00. The summed E-state index contributed by atoms with van der Waals surface area (Å²) in [6.07, 6.45) is 3.11. The van der Waals surface area contributed by atoms with Gasteiger partial charge in [0, 0.05) is 3.57 Å². The molecule has 0 saturated carbocycles. The number of nitrogens with two attached hydrogens (primary N) is 1. The van der Waals surface area contributed by atoms with Gasteiger partial charge < -0.3 is 5.73 Å². The molecule has 0 radical (unpaired) electrons. The van der Waals surface area contributed by atoms with Crippen LogP contribution in [0.4, 0.5) is 5.69 Å². The summed E-state index contributed by atoms with van der Waals surface area (Å²) >= 11 is 2.21. The van der Waals surface area contributed by atoms with Gasteiger partial charge in [-0.1, -0.05) is 0 Å². The lowest BCUT2D eigenvalue weighted by atomic mass is 10.3. The molecule has 1 aromatic heterocycles. The molecule has 2 rings (SSSR count). The summed E-state index contributed by atoms with van der Waals surface area (Å²) in [4.78, 5) is 3.86. The summed E-state index contributed by atoms with van der Waals surface area (Å²) in [7, 11) is 0. The zero-order valence-electron chi connectivity index (χ0n) is 6.68. The van der Waals surface area contributed by atoms with Crippen LogP contribution in [0.5, 0.6) is 0 Å². The van der Waals surface area contributed by atoms with Crippen molar-refractivity contribution in [2.45, 2.75) is 0 Å². The van der Waals surface area contributed by atoms with Gasteiger partial charge in [-0.25, -0.2) is 9.67 Å². The first-order valence-corrected chi connectivity index (χ1v) is 4.75. The summed E-state index contributed by atoms with van der Waals surface area (Å²) in [6, 6.07) is 5.80. The molecule has 0 aliphatic heterocycles. The predicted octanol–water partition coefficient (Wildman–Crippen LogP) is 1.45. The first-order valence-electron chi connectivity index (χ1n) is 3.67. The van der Waals surface area contributed by atoms with Gasteiger partial charge in [-0.3, -0.25) is 0 Å². The van der Waals surface area contributed by atoms with E-state index in [1.807, 2.05) is 18.2 Å². The Kier molecular flexibility index (Phi) is 2.17. The van der Waals surface area contributed by atoms with Gasteiger partial charge in [0.15, 0.2) is 0 Å². The highest BCUT2D eigenvalue weighted by atomic mass is 127. The molecule has 0 unspecified atom stereocenters. The van der Waals surface area contributed by atoms with Crippen LogP contribution in [-0.4, -0.2) is 14.8 Å². The smallest absolute Gasteiger partial charge is 0.138 e. The third-order valence-corrected chi connectivity index (χ3v) is 2.33. The Morgan fingerprint density at radius 1 is 1.38 bits per heavy atom. The SMILES string of the molecule is Nc1cc(I)ccc1-n1cncn1. The zero-order chi connectivity index (χ0) is 9.26. The first kappa shape index (κ1) is 8.49. The number of halogens is 1. The van der Waals surface area contributed by atoms with Crippen LogP contribution in [0.15, 0.2) is 30.9 Å². The molecule has 5 heteroatoms. The molecule has 13 heavy (non-hydrogen) atoms. The highest BCUT2D eigenvalue weighted by Gasteiger charge is 2.01. The van der Waals surface area contributed by atoms with Gasteiger partial charge >= 0.3 is 0 Å². The van der Waals surface area contributed by atoms with Gasteiger partial charge in [-0.2, -0.15) is 5.10 Å². The molecule has 0 atom stereocenters. The second kappa shape index (κ2) is 3.33. The summed E-state index contributed by atoms with van der Waals surface area (Å²) in [5, 5.41) is 4.00. The fourth-order valence-corrected chi connectivity index (χ4v) is 1.58. The molecule has 2 aromatic rings. The monoisotopic (exact) mass is 286 g/mol. The van der Waals surface area contributed by atoms with Crippen LogP contribution < -0.4 is 5.73 Å². The van der Waals surface area contributed by atoms with Crippen LogP contribution in [0.3, 0.4) is 0 Å². The van der Waals surface area contributed by atoms with Gasteiger partial charge in [-0.15, -0.1) is 0 Å². The molecule has 0 bridgehead atoms. The summed E-state index contributed by atoms with van der Waals surface area (Å²) in [6.45, 7) is 0. The molecule has 4 nitrogen and oxygen atoms in total. The van der Waals surface area contributed by atoms with E-state index in [0.29, 0.717) is 5.69 Å². The van der Waals surface area contributed by atoms with Crippen molar-refractivity contribution in [2.24, 2.45) is 0 Å². The fourth-order valence-electron chi connectivity index (χ4n) is 1.07. The summed E-state index contributed by atoms with van der Waals surface area (Å²) in [5.74, 6) is 0. The van der Waals surface area contributed by atoms with Gasteiger partial charge in [-0.05, 0) is 40.8 Å². The van der Waals surface area contributed by atoms with Gasteiger partial charge in [0.2, 0.25) is 0 Å². The lowest BCUT2D eigenvalue weighted by molar-refractivity contribution is 0.881. The maximum absolute atomic E-state index is 5.82. The van der Waals surface area contributed by atoms with Crippen molar-refractivity contribution in [3.05, 3.63) is 34.4 Å². The predicted molar refractivity (Wildman–Crippen MR) is 58.5 cm³/mol. The minimum absolute atomic E-state index is 0.706. The normalized spacial score (nSPS) is 10.2. The largest absolute Gasteiger partial charge is 0.397 e. The number of hydrogen-bond donors (Lipinski definition) is 1. The Hall–Kier alpha value is -1.11. The molecule has 0 aliphatic carbocycles. The Balaban J connectivity index is 2.53. The van der Waals surface area contributed by atoms with Crippen LogP contribution in [0.25, 0.3) is 5.69 Å². The van der Waals surface area contributed by atoms with E-state index in [9.17, 15) is 0 Å². The molecule has 0 fully saturated rings. The molecule has 0 spiro atoms. The van der Waals surface area contributed by atoms with E-state index in [2.05, 4.69) is 32.7 Å². The van der Waals surface area contributed by atoms with Crippen molar-refractivity contribution >= 4 is 28.3 Å². The third kappa shape index (κ3) is 1.64. The van der Waals surface area contributed by atoms with E-state index >= 15 is 0 Å². The molecule has 0 amide bonds. The quantitative estimate of drug-likeness (QED) is 0.637. The molecule has 66 valence electrons. The highest BCUT2D eigenvalue weighted by Crippen LogP contribution is 2.18. The van der Waals surface area contributed by atoms with Crippen molar-refractivity contribution in [2.75, 3.05) is 5.73 Å². The van der Waals surface area contributed by atoms with Crippen LogP contribution in [-0.2, 0) is 0 Å². The van der Waals surface area contributed by atoms with Crippen LogP contribution in [0, 0.1) is 3.57 Å². The Bertz CT molecular complexity index is 410. The number of benzene rings is 1. The Labute approximate surface area is 88.9 Å². The minimum atomic E-state index is 0.706. The van der Waals surface area contributed by atoms with E-state index < -0.39 is 0 Å². The molecule has 2 N–H and O–H groups in total. The molecular weight excluding hydrogens is 279 g/mol. The second-order valence-corrected chi connectivity index (χ2v) is 3.79. The minimum Gasteiger partial charge on any atom is -0.397 e. The number of anilines is 1. The fraction of sp³-hybridized carbons (Fsp3) is 0. The first-order chi connectivity index (χ1) is 6.27. The average molecular weight is 286 g/mol. The second-order valence-electron chi connectivity index (χ2n) is 2.54. The maximum atomic E-state index is 5.82. The summed E-state index contributed by atoms with van der Waals surface area (Å²) in [5.41, 5.74) is 7.38. The van der Waals surface area contributed by atoms with E-state index in [4.69, 9.17) is 5.73 Å². The zero-order valence-corrected chi connectivity index (χ0v) is 8.84. The third-order valence-electron chi connectivity index (χ3n) is 1.66. The van der Waals surface area contributed by atoms with Crippen molar-refractivity contribution in [3.8, 4) is 5.69 Å². The maximum Gasteiger partial charge on any atom is 0.138 e. The van der Waals surface area contributed by atoms with Crippen molar-refractivity contribution < 1.29 is 0 Å². The number of aromatic nitrogens is 3. The van der Waals surface area contributed by atoms with Crippen LogP contribution in [0.1, 0.15) is 0 Å². The van der Waals surface area contributed by atoms with Crippen LogP contribution >= 0.6 is 22.6 Å². The molecule has 1 aromatic carbocycles. The number of nitrogens with zero attached hydrogens (tertiary/aromatic N) is 3. The van der Waals surface area contributed by atoms with Crippen LogP contribution in [0.2, 0.25) is 0 Å². The molecule has 1 heterocycles. The van der Waals surface area contributed by atoms with Crippen molar-refractivity contribution in [1.82, 2.24) is 14.8 Å². The molecular formula is C8H7IN4. The molecule has 0 aliphatic rings. The highest BCUT2D eigenvalue weighted by molar-refractivity contribution is 14.1. The number of rotatable bonds is 1. The average Bonchev–Trinajstić information content (AvgIpc) is 2.56. The lowest BCUT2D eigenvalue weighted by Gasteiger charge is -2.04. The summed E-state index contributed by atoms with van der Waals surface area (Å²) < 4.78 is 2.75. The van der Waals surface area contributed by atoms with Gasteiger partial charge in [0.25, 0.3) is 0 Å². The standard InChI is InChI=1S/C8H7IN4/c9-6-1-2-8(7(10)3-6)13-5-11-4-12-13/h1-5H,10H2. The topological polar surface area (TPSA) is 56.7 Å².